The van der Waals surface area contributed by atoms with Gasteiger partial charge in [-0.05, 0) is 32.3 Å². The Hall–Kier alpha value is -1.16. The van der Waals surface area contributed by atoms with Crippen molar-refractivity contribution in [2.45, 2.75) is 52.1 Å². The van der Waals surface area contributed by atoms with E-state index in [-0.39, 0.29) is 5.78 Å². The lowest BCUT2D eigenvalue weighted by molar-refractivity contribution is -0.145. The Bertz CT molecular complexity index is 381. The first kappa shape index (κ1) is 14.9. The first-order valence-electron chi connectivity index (χ1n) is 6.73. The summed E-state index contributed by atoms with van der Waals surface area (Å²) >= 11 is 0. The molecule has 0 aliphatic heterocycles. The molecule has 0 saturated carbocycles. The molecule has 0 unspecified atom stereocenters. The average molecular weight is 252 g/mol. The molecule has 18 heavy (non-hydrogen) atoms. The van der Waals surface area contributed by atoms with Gasteiger partial charge in [-0.1, -0.05) is 13.8 Å². The van der Waals surface area contributed by atoms with Crippen LogP contribution in [0, 0.1) is 0 Å². The second-order valence-corrected chi connectivity index (χ2v) is 4.50. The van der Waals surface area contributed by atoms with Gasteiger partial charge < -0.3 is 4.74 Å². The van der Waals surface area contributed by atoms with Gasteiger partial charge in [0.1, 0.15) is 5.60 Å². The largest absolute Gasteiger partial charge is 0.368 e. The van der Waals surface area contributed by atoms with Gasteiger partial charge in [-0.15, -0.1) is 0 Å². The van der Waals surface area contributed by atoms with Crippen LogP contribution in [0.15, 0.2) is 12.3 Å². The minimum absolute atomic E-state index is 0.204. The molecule has 4 nitrogen and oxygen atoms in total. The van der Waals surface area contributed by atoms with Gasteiger partial charge in [-0.25, -0.2) is 0 Å². The van der Waals surface area contributed by atoms with E-state index in [4.69, 9.17) is 4.74 Å². The van der Waals surface area contributed by atoms with Crippen LogP contribution in [0.5, 0.6) is 0 Å². The van der Waals surface area contributed by atoms with Crippen LogP contribution in [-0.4, -0.2) is 27.8 Å². The average Bonchev–Trinajstić information content (AvgIpc) is 2.79. The molecule has 0 aliphatic carbocycles. The molecular formula is C14H24N2O2. The summed E-state index contributed by atoms with van der Waals surface area (Å²) in [6.07, 6.45) is 4.48. The highest BCUT2D eigenvalue weighted by Crippen LogP contribution is 2.24. The highest BCUT2D eigenvalue weighted by molar-refractivity contribution is 5.87. The highest BCUT2D eigenvalue weighted by Gasteiger charge is 2.34. The lowest BCUT2D eigenvalue weighted by Crippen LogP contribution is -2.40. The van der Waals surface area contributed by atoms with Crippen molar-refractivity contribution in [1.82, 2.24) is 9.78 Å². The van der Waals surface area contributed by atoms with Gasteiger partial charge in [0.15, 0.2) is 5.78 Å². The van der Waals surface area contributed by atoms with Crippen LogP contribution in [0.4, 0.5) is 0 Å². The highest BCUT2D eigenvalue weighted by atomic mass is 16.5. The summed E-state index contributed by atoms with van der Waals surface area (Å²) in [5.41, 5.74) is 0.494. The lowest BCUT2D eigenvalue weighted by atomic mass is 9.89. The number of aryl methyl sites for hydroxylation is 2. The second-order valence-electron chi connectivity index (χ2n) is 4.50. The molecule has 0 aliphatic rings. The Morgan fingerprint density at radius 2 is 2.06 bits per heavy atom. The van der Waals surface area contributed by atoms with Gasteiger partial charge in [0, 0.05) is 32.0 Å². The zero-order valence-corrected chi connectivity index (χ0v) is 11.9. The molecule has 1 aromatic rings. The summed E-state index contributed by atoms with van der Waals surface area (Å²) in [6, 6.07) is 1.95. The fourth-order valence-electron chi connectivity index (χ4n) is 2.32. The van der Waals surface area contributed by atoms with Gasteiger partial charge in [0.05, 0.1) is 0 Å². The summed E-state index contributed by atoms with van der Waals surface area (Å²) < 4.78 is 7.53. The van der Waals surface area contributed by atoms with Crippen LogP contribution in [-0.2, 0) is 23.0 Å². The molecule has 0 radical (unpaired) electrons. The SMILES string of the molecule is CCOC(CC)(CC)C(=O)CCc1ccnn1C. The van der Waals surface area contributed by atoms with E-state index < -0.39 is 5.60 Å². The standard InChI is InChI=1S/C14H24N2O2/c1-5-14(6-2,18-7-3)13(17)9-8-12-10-11-15-16(12)4/h10-11H,5-9H2,1-4H3. The van der Waals surface area contributed by atoms with Crippen LogP contribution >= 0.6 is 0 Å². The molecule has 0 saturated heterocycles. The van der Waals surface area contributed by atoms with Gasteiger partial charge >= 0.3 is 0 Å². The van der Waals surface area contributed by atoms with E-state index in [2.05, 4.69) is 5.10 Å². The summed E-state index contributed by atoms with van der Waals surface area (Å²) in [4.78, 5) is 12.4. The number of carbonyl (C=O) groups is 1. The molecule has 0 spiro atoms. The Morgan fingerprint density at radius 3 is 2.50 bits per heavy atom. The number of ether oxygens (including phenoxy) is 1. The topological polar surface area (TPSA) is 44.1 Å². The molecule has 0 atom stereocenters. The monoisotopic (exact) mass is 252 g/mol. The van der Waals surface area contributed by atoms with Crippen LogP contribution in [0.25, 0.3) is 0 Å². The number of ketones is 1. The van der Waals surface area contributed by atoms with Crippen molar-refractivity contribution in [1.29, 1.82) is 0 Å². The maximum atomic E-state index is 12.4. The maximum Gasteiger partial charge on any atom is 0.164 e. The third kappa shape index (κ3) is 3.19. The number of nitrogens with zero attached hydrogens (tertiary/aromatic N) is 2. The molecule has 1 aromatic heterocycles. The molecule has 0 aromatic carbocycles. The van der Waals surface area contributed by atoms with Crippen molar-refractivity contribution in [3.05, 3.63) is 18.0 Å². The lowest BCUT2D eigenvalue weighted by Gasteiger charge is -2.30. The summed E-state index contributed by atoms with van der Waals surface area (Å²) in [7, 11) is 1.90. The van der Waals surface area contributed by atoms with Crippen molar-refractivity contribution in [3.63, 3.8) is 0 Å². The van der Waals surface area contributed by atoms with E-state index in [1.807, 2.05) is 38.6 Å². The molecule has 4 heteroatoms. The van der Waals surface area contributed by atoms with Crippen LogP contribution in [0.1, 0.15) is 45.7 Å². The van der Waals surface area contributed by atoms with E-state index in [1.54, 1.807) is 6.20 Å². The summed E-state index contributed by atoms with van der Waals surface area (Å²) in [5, 5.41) is 4.11. The Balaban J connectivity index is 2.65. The number of hydrogen-bond acceptors (Lipinski definition) is 3. The van der Waals surface area contributed by atoms with Crippen molar-refractivity contribution in [2.24, 2.45) is 7.05 Å². The molecule has 0 N–H and O–H groups in total. The van der Waals surface area contributed by atoms with Crippen molar-refractivity contribution in [3.8, 4) is 0 Å². The van der Waals surface area contributed by atoms with Crippen molar-refractivity contribution in [2.75, 3.05) is 6.61 Å². The molecule has 0 bridgehead atoms. The molecular weight excluding hydrogens is 228 g/mol. The van der Waals surface area contributed by atoms with Gasteiger partial charge in [0.2, 0.25) is 0 Å². The molecule has 0 amide bonds. The molecule has 1 heterocycles. The summed E-state index contributed by atoms with van der Waals surface area (Å²) in [5.74, 6) is 0.204. The minimum atomic E-state index is -0.590. The number of aromatic nitrogens is 2. The van der Waals surface area contributed by atoms with Crippen molar-refractivity contribution < 1.29 is 9.53 Å². The van der Waals surface area contributed by atoms with Gasteiger partial charge in [-0.2, -0.15) is 5.10 Å². The normalized spacial score (nSPS) is 11.8. The van der Waals surface area contributed by atoms with E-state index in [9.17, 15) is 4.79 Å². The molecule has 0 fully saturated rings. The zero-order valence-electron chi connectivity index (χ0n) is 11.9. The number of Topliss-reactive ketones (excluding diaryl/α,β-unsaturated/α-hetero) is 1. The second kappa shape index (κ2) is 6.69. The van der Waals surface area contributed by atoms with Crippen LogP contribution in [0.3, 0.4) is 0 Å². The van der Waals surface area contributed by atoms with Crippen molar-refractivity contribution >= 4 is 5.78 Å². The quantitative estimate of drug-likeness (QED) is 0.714. The minimum Gasteiger partial charge on any atom is -0.368 e. The summed E-state index contributed by atoms with van der Waals surface area (Å²) in [6.45, 7) is 6.55. The van der Waals surface area contributed by atoms with Crippen LogP contribution < -0.4 is 0 Å². The molecule has 1 rings (SSSR count). The Kier molecular flexibility index (Phi) is 5.54. The predicted molar refractivity (Wildman–Crippen MR) is 71.5 cm³/mol. The van der Waals surface area contributed by atoms with E-state index >= 15 is 0 Å². The number of carbonyl (C=O) groups excluding carboxylic acids is 1. The number of rotatable bonds is 8. The van der Waals surface area contributed by atoms with E-state index in [1.165, 1.54) is 0 Å². The molecule has 102 valence electrons. The number of hydrogen-bond donors (Lipinski definition) is 0. The first-order valence-corrected chi connectivity index (χ1v) is 6.73. The van der Waals surface area contributed by atoms with E-state index in [0.717, 1.165) is 25.0 Å². The zero-order chi connectivity index (χ0) is 13.6. The third-order valence-electron chi connectivity index (χ3n) is 3.60. The predicted octanol–water partition coefficient (Wildman–Crippen LogP) is 2.52. The maximum absolute atomic E-state index is 12.4. The van der Waals surface area contributed by atoms with Gasteiger partial charge in [0.25, 0.3) is 0 Å². The Morgan fingerprint density at radius 1 is 1.39 bits per heavy atom. The fraction of sp³-hybridized carbons (Fsp3) is 0.714. The third-order valence-corrected chi connectivity index (χ3v) is 3.60. The Labute approximate surface area is 109 Å². The van der Waals surface area contributed by atoms with Crippen LogP contribution in [0.2, 0.25) is 0 Å². The smallest absolute Gasteiger partial charge is 0.164 e. The van der Waals surface area contributed by atoms with E-state index in [0.29, 0.717) is 13.0 Å². The van der Waals surface area contributed by atoms with Gasteiger partial charge in [-0.3, -0.25) is 9.48 Å². The fourth-order valence-corrected chi connectivity index (χ4v) is 2.32. The first-order chi connectivity index (χ1) is 8.59.